The van der Waals surface area contributed by atoms with Crippen molar-refractivity contribution in [2.24, 2.45) is 13.0 Å². The number of nitrogens with one attached hydrogen (secondary N) is 1. The molecule has 2 atom stereocenters. The smallest absolute Gasteiger partial charge is 0.254 e. The summed E-state index contributed by atoms with van der Waals surface area (Å²) in [5, 5.41) is 3.36. The SMILES string of the molecule is Cn1ccc(C(=O)N2CCCC3CNCC32)cc1=O. The van der Waals surface area contributed by atoms with E-state index in [4.69, 9.17) is 0 Å². The molecule has 2 aliphatic rings. The number of aryl methyl sites for hydroxylation is 1. The van der Waals surface area contributed by atoms with Crippen molar-refractivity contribution in [3.8, 4) is 0 Å². The number of hydrogen-bond acceptors (Lipinski definition) is 3. The van der Waals surface area contributed by atoms with E-state index in [2.05, 4.69) is 5.32 Å². The molecule has 0 radical (unpaired) electrons. The van der Waals surface area contributed by atoms with Gasteiger partial charge in [0, 0.05) is 50.6 Å². The fourth-order valence-electron chi connectivity index (χ4n) is 3.17. The Balaban J connectivity index is 1.86. The average Bonchev–Trinajstić information content (AvgIpc) is 2.89. The predicted molar refractivity (Wildman–Crippen MR) is 72.1 cm³/mol. The van der Waals surface area contributed by atoms with E-state index in [0.717, 1.165) is 26.1 Å². The number of nitrogens with zero attached hydrogens (tertiary/aromatic N) is 2. The van der Waals surface area contributed by atoms with Crippen LogP contribution in [0, 0.1) is 5.92 Å². The first kappa shape index (κ1) is 12.4. The summed E-state index contributed by atoms with van der Waals surface area (Å²) in [6.07, 6.45) is 3.90. The lowest BCUT2D eigenvalue weighted by Gasteiger charge is -2.37. The number of likely N-dealkylation sites (tertiary alicyclic amines) is 1. The van der Waals surface area contributed by atoms with Gasteiger partial charge in [-0.3, -0.25) is 9.59 Å². The van der Waals surface area contributed by atoms with Gasteiger partial charge in [-0.2, -0.15) is 0 Å². The Hall–Kier alpha value is -1.62. The van der Waals surface area contributed by atoms with Crippen LogP contribution < -0.4 is 10.9 Å². The number of hydrogen-bond donors (Lipinski definition) is 1. The third-order valence-corrected chi connectivity index (χ3v) is 4.29. The molecule has 0 aliphatic carbocycles. The van der Waals surface area contributed by atoms with Crippen LogP contribution in [-0.2, 0) is 7.05 Å². The van der Waals surface area contributed by atoms with Crippen molar-refractivity contribution < 1.29 is 4.79 Å². The zero-order valence-corrected chi connectivity index (χ0v) is 11.1. The van der Waals surface area contributed by atoms with Crippen LogP contribution in [0.3, 0.4) is 0 Å². The third-order valence-electron chi connectivity index (χ3n) is 4.29. The van der Waals surface area contributed by atoms with E-state index in [-0.39, 0.29) is 11.5 Å². The number of fused-ring (bicyclic) bond motifs is 1. The van der Waals surface area contributed by atoms with Crippen LogP contribution in [-0.4, -0.2) is 41.1 Å². The molecule has 1 aromatic rings. The van der Waals surface area contributed by atoms with Crippen molar-refractivity contribution in [3.05, 3.63) is 34.2 Å². The van der Waals surface area contributed by atoms with Gasteiger partial charge < -0.3 is 14.8 Å². The molecule has 1 aromatic heterocycles. The van der Waals surface area contributed by atoms with Crippen molar-refractivity contribution in [3.63, 3.8) is 0 Å². The number of rotatable bonds is 1. The van der Waals surface area contributed by atoms with Crippen LogP contribution >= 0.6 is 0 Å². The fraction of sp³-hybridized carbons (Fsp3) is 0.571. The largest absolute Gasteiger partial charge is 0.334 e. The zero-order valence-electron chi connectivity index (χ0n) is 11.1. The minimum absolute atomic E-state index is 0.00361. The molecule has 1 N–H and O–H groups in total. The van der Waals surface area contributed by atoms with Gasteiger partial charge in [-0.1, -0.05) is 0 Å². The summed E-state index contributed by atoms with van der Waals surface area (Å²) in [6, 6.07) is 3.47. The fourth-order valence-corrected chi connectivity index (χ4v) is 3.17. The van der Waals surface area contributed by atoms with Crippen LogP contribution in [0.5, 0.6) is 0 Å². The van der Waals surface area contributed by atoms with Crippen molar-refractivity contribution >= 4 is 5.91 Å². The summed E-state index contributed by atoms with van der Waals surface area (Å²) in [6.45, 7) is 2.68. The normalized spacial score (nSPS) is 26.3. The van der Waals surface area contributed by atoms with Gasteiger partial charge in [-0.25, -0.2) is 0 Å². The summed E-state index contributed by atoms with van der Waals surface area (Å²) in [5.74, 6) is 0.570. The van der Waals surface area contributed by atoms with Gasteiger partial charge in [0.05, 0.1) is 0 Å². The molecule has 2 fully saturated rings. The molecule has 0 spiro atoms. The van der Waals surface area contributed by atoms with Gasteiger partial charge in [0.1, 0.15) is 0 Å². The first-order chi connectivity index (χ1) is 9.16. The van der Waals surface area contributed by atoms with Gasteiger partial charge >= 0.3 is 0 Å². The highest BCUT2D eigenvalue weighted by Gasteiger charge is 2.37. The van der Waals surface area contributed by atoms with Crippen molar-refractivity contribution in [2.75, 3.05) is 19.6 Å². The van der Waals surface area contributed by atoms with Crippen LogP contribution in [0.15, 0.2) is 23.1 Å². The Labute approximate surface area is 112 Å². The number of pyridine rings is 1. The average molecular weight is 261 g/mol. The van der Waals surface area contributed by atoms with Gasteiger partial charge in [-0.15, -0.1) is 0 Å². The van der Waals surface area contributed by atoms with E-state index in [0.29, 0.717) is 17.5 Å². The van der Waals surface area contributed by atoms with Gasteiger partial charge in [0.25, 0.3) is 11.5 Å². The molecule has 0 saturated carbocycles. The summed E-state index contributed by atoms with van der Waals surface area (Å²) in [4.78, 5) is 26.1. The van der Waals surface area contributed by atoms with E-state index in [1.54, 1.807) is 19.3 Å². The predicted octanol–water partition coefficient (Wildman–Crippen LogP) is 0.209. The maximum atomic E-state index is 12.6. The highest BCUT2D eigenvalue weighted by molar-refractivity contribution is 5.94. The topological polar surface area (TPSA) is 54.3 Å². The lowest BCUT2D eigenvalue weighted by molar-refractivity contribution is 0.0574. The summed E-state index contributed by atoms with van der Waals surface area (Å²) < 4.78 is 1.48. The highest BCUT2D eigenvalue weighted by Crippen LogP contribution is 2.27. The summed E-state index contributed by atoms with van der Waals surface area (Å²) >= 11 is 0. The second-order valence-electron chi connectivity index (χ2n) is 5.49. The van der Waals surface area contributed by atoms with Gasteiger partial charge in [0.15, 0.2) is 0 Å². The van der Waals surface area contributed by atoms with Gasteiger partial charge in [0.2, 0.25) is 0 Å². The van der Waals surface area contributed by atoms with Crippen LogP contribution in [0.4, 0.5) is 0 Å². The third kappa shape index (κ3) is 2.18. The van der Waals surface area contributed by atoms with E-state index in [1.165, 1.54) is 17.1 Å². The van der Waals surface area contributed by atoms with E-state index in [9.17, 15) is 9.59 Å². The maximum absolute atomic E-state index is 12.6. The molecular formula is C14H19N3O2. The van der Waals surface area contributed by atoms with Gasteiger partial charge in [-0.05, 0) is 24.8 Å². The molecule has 0 aromatic carbocycles. The van der Waals surface area contributed by atoms with E-state index >= 15 is 0 Å². The Kier molecular flexibility index (Phi) is 3.14. The molecule has 5 nitrogen and oxygen atoms in total. The molecule has 1 amide bonds. The Morgan fingerprint density at radius 1 is 1.42 bits per heavy atom. The second kappa shape index (κ2) is 4.81. The minimum atomic E-state index is -0.135. The van der Waals surface area contributed by atoms with Crippen molar-refractivity contribution in [1.29, 1.82) is 0 Å². The lowest BCUT2D eigenvalue weighted by Crippen LogP contribution is -2.48. The zero-order chi connectivity index (χ0) is 13.4. The lowest BCUT2D eigenvalue weighted by atomic mass is 9.91. The van der Waals surface area contributed by atoms with E-state index < -0.39 is 0 Å². The van der Waals surface area contributed by atoms with E-state index in [1.807, 2.05) is 4.90 Å². The Bertz CT molecular complexity index is 552. The monoisotopic (exact) mass is 261 g/mol. The molecule has 102 valence electrons. The molecule has 19 heavy (non-hydrogen) atoms. The number of carbonyl (C=O) groups is 1. The molecule has 2 saturated heterocycles. The molecule has 2 aliphatic heterocycles. The van der Waals surface area contributed by atoms with Crippen LogP contribution in [0.1, 0.15) is 23.2 Å². The molecule has 2 unspecified atom stereocenters. The molecule has 0 bridgehead atoms. The molecular weight excluding hydrogens is 242 g/mol. The molecule has 5 heteroatoms. The number of aromatic nitrogens is 1. The Morgan fingerprint density at radius 3 is 3.05 bits per heavy atom. The van der Waals surface area contributed by atoms with Crippen molar-refractivity contribution in [2.45, 2.75) is 18.9 Å². The van der Waals surface area contributed by atoms with Crippen LogP contribution in [0.25, 0.3) is 0 Å². The van der Waals surface area contributed by atoms with Crippen LogP contribution in [0.2, 0.25) is 0 Å². The number of amides is 1. The quantitative estimate of drug-likeness (QED) is 0.786. The second-order valence-corrected chi connectivity index (χ2v) is 5.49. The first-order valence-electron chi connectivity index (χ1n) is 6.85. The number of carbonyl (C=O) groups excluding carboxylic acids is 1. The summed E-state index contributed by atoms with van der Waals surface area (Å²) in [5.41, 5.74) is 0.375. The molecule has 3 rings (SSSR count). The Morgan fingerprint density at radius 2 is 2.26 bits per heavy atom. The molecule has 3 heterocycles. The summed E-state index contributed by atoms with van der Waals surface area (Å²) in [7, 11) is 1.69. The minimum Gasteiger partial charge on any atom is -0.334 e. The van der Waals surface area contributed by atoms with Crippen molar-refractivity contribution in [1.82, 2.24) is 14.8 Å². The highest BCUT2D eigenvalue weighted by atomic mass is 16.2. The maximum Gasteiger partial charge on any atom is 0.254 e. The standard InChI is InChI=1S/C14H19N3O2/c1-16-6-4-10(7-13(16)18)14(19)17-5-2-3-11-8-15-9-12(11)17/h4,6-7,11-12,15H,2-3,5,8-9H2,1H3. The number of piperidine rings is 1. The first-order valence-corrected chi connectivity index (χ1v) is 6.85.